The fraction of sp³-hybridized carbons (Fsp3) is 0.353. The van der Waals surface area contributed by atoms with E-state index in [1.807, 2.05) is 18.2 Å². The molecule has 2 rings (SSSR count). The van der Waals surface area contributed by atoms with Gasteiger partial charge < -0.3 is 10.4 Å². The third kappa shape index (κ3) is 3.94. The third-order valence-electron chi connectivity index (χ3n) is 4.00. The number of nitrogens with zero attached hydrogens (tertiary/aromatic N) is 1. The number of carbonyl (C=O) groups excluding carboxylic acids is 1. The van der Waals surface area contributed by atoms with Crippen molar-refractivity contribution < 1.29 is 14.7 Å². The van der Waals surface area contributed by atoms with Crippen LogP contribution in [0.2, 0.25) is 5.02 Å². The first-order valence-corrected chi connectivity index (χ1v) is 8.73. The molecule has 0 saturated heterocycles. The van der Waals surface area contributed by atoms with E-state index in [1.54, 1.807) is 25.3 Å². The second-order valence-corrected chi connectivity index (χ2v) is 7.28. The molecule has 0 fully saturated rings. The van der Waals surface area contributed by atoms with E-state index in [0.717, 1.165) is 10.6 Å². The lowest BCUT2D eigenvalue weighted by molar-refractivity contribution is -0.148. The zero-order valence-electron chi connectivity index (χ0n) is 13.7. The van der Waals surface area contributed by atoms with Gasteiger partial charge in [0.15, 0.2) is 0 Å². The zero-order chi connectivity index (χ0) is 17.9. The summed E-state index contributed by atoms with van der Waals surface area (Å²) in [6.07, 6.45) is 0.0243. The van der Waals surface area contributed by atoms with Crippen LogP contribution in [0.5, 0.6) is 0 Å². The molecule has 24 heavy (non-hydrogen) atoms. The van der Waals surface area contributed by atoms with E-state index in [4.69, 9.17) is 11.6 Å². The minimum absolute atomic E-state index is 0.0243. The highest BCUT2D eigenvalue weighted by Crippen LogP contribution is 2.30. The van der Waals surface area contributed by atoms with E-state index in [2.05, 4.69) is 10.3 Å². The Bertz CT molecular complexity index is 760. The lowest BCUT2D eigenvalue weighted by atomic mass is 9.88. The lowest BCUT2D eigenvalue weighted by Crippen LogP contribution is -2.56. The second kappa shape index (κ2) is 7.32. The van der Waals surface area contributed by atoms with Gasteiger partial charge in [-0.2, -0.15) is 0 Å². The van der Waals surface area contributed by atoms with Crippen LogP contribution in [0.3, 0.4) is 0 Å². The van der Waals surface area contributed by atoms with Crippen molar-refractivity contribution in [1.29, 1.82) is 0 Å². The molecule has 0 aliphatic rings. The maximum Gasteiger partial charge on any atom is 0.329 e. The SMILES string of the molecule is CC(C)C(C)(NC(=O)Cc1csc(-c2ccccc2Cl)n1)C(=O)O. The molecule has 2 aromatic rings. The Kier molecular flexibility index (Phi) is 5.62. The molecular formula is C17H19ClN2O3S. The van der Waals surface area contributed by atoms with Gasteiger partial charge in [0.05, 0.1) is 17.1 Å². The highest BCUT2D eigenvalue weighted by molar-refractivity contribution is 7.13. The fourth-order valence-corrected chi connectivity index (χ4v) is 3.23. The number of benzene rings is 1. The number of carboxylic acid groups (broad SMARTS) is 1. The van der Waals surface area contributed by atoms with E-state index >= 15 is 0 Å². The largest absolute Gasteiger partial charge is 0.480 e. The molecule has 1 heterocycles. The Morgan fingerprint density at radius 3 is 2.62 bits per heavy atom. The van der Waals surface area contributed by atoms with E-state index in [1.165, 1.54) is 18.3 Å². The zero-order valence-corrected chi connectivity index (χ0v) is 15.2. The first kappa shape index (κ1) is 18.4. The molecule has 128 valence electrons. The van der Waals surface area contributed by atoms with Gasteiger partial charge in [-0.15, -0.1) is 11.3 Å². The monoisotopic (exact) mass is 366 g/mol. The molecule has 5 nitrogen and oxygen atoms in total. The number of carbonyl (C=O) groups is 2. The molecule has 2 N–H and O–H groups in total. The van der Waals surface area contributed by atoms with E-state index in [-0.39, 0.29) is 18.2 Å². The summed E-state index contributed by atoms with van der Waals surface area (Å²) in [7, 11) is 0. The van der Waals surface area contributed by atoms with Crippen LogP contribution in [0.25, 0.3) is 10.6 Å². The Morgan fingerprint density at radius 1 is 1.38 bits per heavy atom. The molecule has 0 saturated carbocycles. The second-order valence-electron chi connectivity index (χ2n) is 6.01. The molecule has 1 amide bonds. The van der Waals surface area contributed by atoms with Gasteiger partial charge in [-0.1, -0.05) is 43.6 Å². The minimum atomic E-state index is -1.31. The van der Waals surface area contributed by atoms with Crippen molar-refractivity contribution in [3.8, 4) is 10.6 Å². The number of carboxylic acids is 1. The van der Waals surface area contributed by atoms with Crippen molar-refractivity contribution in [2.75, 3.05) is 0 Å². The number of hydrogen-bond donors (Lipinski definition) is 2. The fourth-order valence-electron chi connectivity index (χ4n) is 2.09. The predicted octanol–water partition coefficient (Wildman–Crippen LogP) is 3.62. The molecule has 0 spiro atoms. The molecule has 7 heteroatoms. The van der Waals surface area contributed by atoms with Crippen molar-refractivity contribution in [3.63, 3.8) is 0 Å². The average Bonchev–Trinajstić information content (AvgIpc) is 2.95. The smallest absolute Gasteiger partial charge is 0.329 e. The lowest BCUT2D eigenvalue weighted by Gasteiger charge is -2.30. The van der Waals surface area contributed by atoms with Gasteiger partial charge in [0.25, 0.3) is 0 Å². The van der Waals surface area contributed by atoms with Crippen LogP contribution in [0.4, 0.5) is 0 Å². The maximum atomic E-state index is 12.2. The number of thiazole rings is 1. The van der Waals surface area contributed by atoms with Crippen molar-refractivity contribution in [1.82, 2.24) is 10.3 Å². The van der Waals surface area contributed by atoms with Crippen LogP contribution in [0.15, 0.2) is 29.6 Å². The van der Waals surface area contributed by atoms with Gasteiger partial charge in [0.2, 0.25) is 5.91 Å². The minimum Gasteiger partial charge on any atom is -0.480 e. The Balaban J connectivity index is 2.11. The van der Waals surface area contributed by atoms with E-state index in [9.17, 15) is 14.7 Å². The molecule has 1 aromatic heterocycles. The maximum absolute atomic E-state index is 12.2. The van der Waals surface area contributed by atoms with Crippen LogP contribution in [-0.4, -0.2) is 27.5 Å². The van der Waals surface area contributed by atoms with Gasteiger partial charge >= 0.3 is 5.97 Å². The molecule has 0 aliphatic heterocycles. The summed E-state index contributed by atoms with van der Waals surface area (Å²) in [5, 5.41) is 15.1. The summed E-state index contributed by atoms with van der Waals surface area (Å²) < 4.78 is 0. The summed E-state index contributed by atoms with van der Waals surface area (Å²) in [5.74, 6) is -1.67. The highest BCUT2D eigenvalue weighted by Gasteiger charge is 2.38. The van der Waals surface area contributed by atoms with Gasteiger partial charge in [-0.3, -0.25) is 4.79 Å². The number of aliphatic carboxylic acids is 1. The van der Waals surface area contributed by atoms with Crippen LogP contribution in [0, 0.1) is 5.92 Å². The number of halogens is 1. The van der Waals surface area contributed by atoms with Crippen LogP contribution in [0.1, 0.15) is 26.5 Å². The summed E-state index contributed by atoms with van der Waals surface area (Å²) in [6.45, 7) is 5.02. The summed E-state index contributed by atoms with van der Waals surface area (Å²) in [5.41, 5.74) is 0.0934. The number of hydrogen-bond acceptors (Lipinski definition) is 4. The molecule has 0 aliphatic carbocycles. The summed E-state index contributed by atoms with van der Waals surface area (Å²) >= 11 is 7.55. The van der Waals surface area contributed by atoms with Crippen LogP contribution >= 0.6 is 22.9 Å². The molecule has 0 radical (unpaired) electrons. The Labute approximate surface area is 149 Å². The normalized spacial score (nSPS) is 13.5. The average molecular weight is 367 g/mol. The van der Waals surface area contributed by atoms with Gasteiger partial charge in [-0.25, -0.2) is 9.78 Å². The topological polar surface area (TPSA) is 79.3 Å². The summed E-state index contributed by atoms with van der Waals surface area (Å²) in [4.78, 5) is 28.1. The van der Waals surface area contributed by atoms with Gasteiger partial charge in [0.1, 0.15) is 10.5 Å². The third-order valence-corrected chi connectivity index (χ3v) is 5.25. The van der Waals surface area contributed by atoms with Gasteiger partial charge in [0, 0.05) is 10.9 Å². The Hall–Kier alpha value is -1.92. The van der Waals surface area contributed by atoms with Crippen LogP contribution in [-0.2, 0) is 16.0 Å². The molecule has 0 bridgehead atoms. The predicted molar refractivity (Wildman–Crippen MR) is 95.3 cm³/mol. The first-order valence-electron chi connectivity index (χ1n) is 7.47. The van der Waals surface area contributed by atoms with Crippen molar-refractivity contribution in [3.05, 3.63) is 40.4 Å². The molecule has 1 atom stereocenters. The summed E-state index contributed by atoms with van der Waals surface area (Å²) in [6, 6.07) is 7.36. The first-order chi connectivity index (χ1) is 11.2. The van der Waals surface area contributed by atoms with Crippen molar-refractivity contribution >= 4 is 34.8 Å². The molecule has 1 aromatic carbocycles. The van der Waals surface area contributed by atoms with Crippen molar-refractivity contribution in [2.24, 2.45) is 5.92 Å². The van der Waals surface area contributed by atoms with E-state index < -0.39 is 11.5 Å². The number of amides is 1. The number of nitrogens with one attached hydrogen (secondary N) is 1. The quantitative estimate of drug-likeness (QED) is 0.818. The number of aromatic nitrogens is 1. The van der Waals surface area contributed by atoms with Crippen molar-refractivity contribution in [2.45, 2.75) is 32.7 Å². The van der Waals surface area contributed by atoms with Gasteiger partial charge in [-0.05, 0) is 18.9 Å². The number of rotatable bonds is 6. The molecular weight excluding hydrogens is 348 g/mol. The Morgan fingerprint density at radius 2 is 2.04 bits per heavy atom. The standard InChI is InChI=1S/C17H19ClN2O3S/c1-10(2)17(3,16(22)23)20-14(21)8-11-9-24-15(19-11)12-6-4-5-7-13(12)18/h4-7,9-10H,8H2,1-3H3,(H,20,21)(H,22,23). The highest BCUT2D eigenvalue weighted by atomic mass is 35.5. The molecule has 1 unspecified atom stereocenters. The van der Waals surface area contributed by atoms with E-state index in [0.29, 0.717) is 10.7 Å². The van der Waals surface area contributed by atoms with Crippen LogP contribution < -0.4 is 5.32 Å².